The van der Waals surface area contributed by atoms with E-state index in [4.69, 9.17) is 27.9 Å². The van der Waals surface area contributed by atoms with Gasteiger partial charge in [0.25, 0.3) is 0 Å². The molecule has 0 N–H and O–H groups in total. The Hall–Kier alpha value is -1.89. The average molecular weight is 564 g/mol. The van der Waals surface area contributed by atoms with Crippen LogP contribution in [0.4, 0.5) is 0 Å². The van der Waals surface area contributed by atoms with Crippen LogP contribution < -0.4 is 0 Å². The second kappa shape index (κ2) is 9.69. The van der Waals surface area contributed by atoms with Gasteiger partial charge in [0.2, 0.25) is 0 Å². The summed E-state index contributed by atoms with van der Waals surface area (Å²) in [5, 5.41) is 0.719. The first-order valence-electron chi connectivity index (χ1n) is 12.9. The number of rotatable bonds is 4. The molecule has 37 heavy (non-hydrogen) atoms. The minimum absolute atomic E-state index is 0.0451. The first-order valence-corrected chi connectivity index (χ1v) is 15.4. The number of ketones is 1. The van der Waals surface area contributed by atoms with E-state index in [-0.39, 0.29) is 47.6 Å². The maximum absolute atomic E-state index is 14.0. The van der Waals surface area contributed by atoms with E-state index >= 15 is 0 Å². The highest BCUT2D eigenvalue weighted by molar-refractivity contribution is 7.91. The molecule has 3 aliphatic rings. The number of sulfone groups is 1. The second-order valence-corrected chi connectivity index (χ2v) is 14.8. The summed E-state index contributed by atoms with van der Waals surface area (Å²) in [6.07, 6.45) is 1.60. The molecule has 2 aliphatic carbocycles. The van der Waals surface area contributed by atoms with E-state index in [1.165, 1.54) is 0 Å². The van der Waals surface area contributed by atoms with Gasteiger partial charge >= 0.3 is 5.97 Å². The molecule has 1 spiro atoms. The fourth-order valence-corrected chi connectivity index (χ4v) is 8.54. The van der Waals surface area contributed by atoms with Gasteiger partial charge in [-0.15, -0.1) is 0 Å². The minimum Gasteiger partial charge on any atom is -0.450 e. The van der Waals surface area contributed by atoms with Crippen LogP contribution in [0.25, 0.3) is 0 Å². The molecule has 6 atom stereocenters. The van der Waals surface area contributed by atoms with Crippen LogP contribution in [0.3, 0.4) is 0 Å². The summed E-state index contributed by atoms with van der Waals surface area (Å²) in [5.74, 6) is -1.24. The zero-order valence-corrected chi connectivity index (χ0v) is 23.6. The molecular formula is C29H32Cl2O5S. The Kier molecular flexibility index (Phi) is 7.00. The molecule has 1 unspecified atom stereocenters. The number of Topliss-reactive ketones (excluding diaryl/α,β-unsaturated/α-hetero) is 1. The lowest BCUT2D eigenvalue weighted by Crippen LogP contribution is -2.61. The normalized spacial score (nSPS) is 31.7. The molecule has 1 saturated carbocycles. The molecule has 0 radical (unpaired) electrons. The monoisotopic (exact) mass is 562 g/mol. The van der Waals surface area contributed by atoms with Crippen LogP contribution in [0.1, 0.15) is 80.9 Å². The van der Waals surface area contributed by atoms with Crippen LogP contribution in [-0.2, 0) is 24.2 Å². The molecule has 2 aromatic carbocycles. The third-order valence-corrected chi connectivity index (χ3v) is 11.6. The maximum atomic E-state index is 14.0. The zero-order valence-electron chi connectivity index (χ0n) is 21.2. The Morgan fingerprint density at radius 3 is 2.35 bits per heavy atom. The van der Waals surface area contributed by atoms with Crippen LogP contribution in [0.5, 0.6) is 0 Å². The van der Waals surface area contributed by atoms with E-state index in [1.54, 1.807) is 13.8 Å². The molecule has 1 aliphatic heterocycles. The van der Waals surface area contributed by atoms with Crippen molar-refractivity contribution in [1.29, 1.82) is 0 Å². The molecule has 5 rings (SSSR count). The molecule has 5 nitrogen and oxygen atoms in total. The van der Waals surface area contributed by atoms with Gasteiger partial charge in [0.15, 0.2) is 21.2 Å². The number of ether oxygens (including phenoxy) is 1. The number of fused-ring (bicyclic) bond motifs is 3. The lowest BCUT2D eigenvalue weighted by molar-refractivity contribution is -0.203. The molecule has 1 heterocycles. The van der Waals surface area contributed by atoms with E-state index < -0.39 is 26.6 Å². The number of hydrogen-bond donors (Lipinski definition) is 0. The van der Waals surface area contributed by atoms with Crippen molar-refractivity contribution in [2.45, 2.75) is 75.1 Å². The largest absolute Gasteiger partial charge is 0.450 e. The summed E-state index contributed by atoms with van der Waals surface area (Å²) < 4.78 is 31.5. The van der Waals surface area contributed by atoms with Crippen molar-refractivity contribution in [2.24, 2.45) is 11.8 Å². The molecule has 2 aromatic rings. The molecule has 0 amide bonds. The lowest BCUT2D eigenvalue weighted by Gasteiger charge is -2.52. The summed E-state index contributed by atoms with van der Waals surface area (Å²) in [6, 6.07) is 13.5. The van der Waals surface area contributed by atoms with Gasteiger partial charge in [0.05, 0.1) is 17.4 Å². The SMILES string of the molecule is CC1c2cc(Cl)ccc2[C@@H]2[C@@H](c3cccc(Cl)c3)C[C@]3(CC(=O)O3)C(=O)[C@@H]2CC[C@@H]1CS(=O)(=O)C(C)C. The first-order chi connectivity index (χ1) is 17.4. The van der Waals surface area contributed by atoms with Crippen LogP contribution >= 0.6 is 23.2 Å². The van der Waals surface area contributed by atoms with Gasteiger partial charge < -0.3 is 4.74 Å². The summed E-state index contributed by atoms with van der Waals surface area (Å²) >= 11 is 12.9. The Bertz CT molecular complexity index is 1340. The third-order valence-electron chi connectivity index (χ3n) is 8.84. The van der Waals surface area contributed by atoms with Crippen molar-refractivity contribution in [3.05, 3.63) is 69.2 Å². The van der Waals surface area contributed by atoms with Gasteiger partial charge in [0.1, 0.15) is 0 Å². The molecule has 0 bridgehead atoms. The van der Waals surface area contributed by atoms with Gasteiger partial charge in [-0.2, -0.15) is 0 Å². The highest BCUT2D eigenvalue weighted by Crippen LogP contribution is 2.57. The van der Waals surface area contributed by atoms with Gasteiger partial charge in [0, 0.05) is 28.3 Å². The lowest BCUT2D eigenvalue weighted by atomic mass is 9.56. The van der Waals surface area contributed by atoms with Gasteiger partial charge in [-0.05, 0) is 85.4 Å². The van der Waals surface area contributed by atoms with Crippen LogP contribution in [0.2, 0.25) is 10.0 Å². The average Bonchev–Trinajstić information content (AvgIpc) is 2.81. The van der Waals surface area contributed by atoms with Crippen molar-refractivity contribution in [3.63, 3.8) is 0 Å². The maximum Gasteiger partial charge on any atom is 0.311 e. The van der Waals surface area contributed by atoms with Gasteiger partial charge in [-0.25, -0.2) is 8.42 Å². The molecule has 0 aromatic heterocycles. The molecule has 8 heteroatoms. The number of carbonyl (C=O) groups excluding carboxylic acids is 2. The Labute approximate surface area is 228 Å². The second-order valence-electron chi connectivity index (χ2n) is 11.3. The van der Waals surface area contributed by atoms with E-state index in [1.807, 2.05) is 42.5 Å². The van der Waals surface area contributed by atoms with Crippen LogP contribution in [0.15, 0.2) is 42.5 Å². The molecule has 2 fully saturated rings. The van der Waals surface area contributed by atoms with E-state index in [0.717, 1.165) is 16.7 Å². The highest BCUT2D eigenvalue weighted by atomic mass is 35.5. The van der Waals surface area contributed by atoms with Crippen LogP contribution in [0, 0.1) is 11.8 Å². The zero-order chi connectivity index (χ0) is 26.7. The molecule has 198 valence electrons. The topological polar surface area (TPSA) is 77.5 Å². The standard InChI is InChI=1S/C29H32Cl2O5S/c1-16(2)37(34,35)15-19-7-9-23-27(22-10-8-21(31)12-24(22)17(19)3)25(18-5-4-6-20(30)11-18)13-29(28(23)33)14-26(32)36-29/h4-6,8,10-12,16-17,19,23,25,27H,7,9,13-15H2,1-3H3/t17?,19-,23-,25-,27+,29+/m1/s1. The van der Waals surface area contributed by atoms with Crippen molar-refractivity contribution < 1.29 is 22.7 Å². The summed E-state index contributed by atoms with van der Waals surface area (Å²) in [6.45, 7) is 5.49. The number of benzene rings is 2. The van der Waals surface area contributed by atoms with E-state index in [9.17, 15) is 18.0 Å². The van der Waals surface area contributed by atoms with Crippen molar-refractivity contribution in [3.8, 4) is 0 Å². The van der Waals surface area contributed by atoms with Crippen molar-refractivity contribution in [2.75, 3.05) is 5.75 Å². The highest BCUT2D eigenvalue weighted by Gasteiger charge is 2.61. The Balaban J connectivity index is 1.66. The Morgan fingerprint density at radius 2 is 1.70 bits per heavy atom. The molecule has 1 saturated heterocycles. The predicted octanol–water partition coefficient (Wildman–Crippen LogP) is 6.47. The molecular weight excluding hydrogens is 531 g/mol. The Morgan fingerprint density at radius 1 is 1.00 bits per heavy atom. The van der Waals surface area contributed by atoms with Crippen molar-refractivity contribution >= 4 is 44.8 Å². The van der Waals surface area contributed by atoms with Gasteiger partial charge in [-0.3, -0.25) is 9.59 Å². The van der Waals surface area contributed by atoms with Crippen molar-refractivity contribution in [1.82, 2.24) is 0 Å². The number of esters is 1. The van der Waals surface area contributed by atoms with E-state index in [2.05, 4.69) is 6.92 Å². The number of hydrogen-bond acceptors (Lipinski definition) is 5. The quantitative estimate of drug-likeness (QED) is 0.399. The fourth-order valence-electron chi connectivity index (χ4n) is 6.72. The fraction of sp³-hybridized carbons (Fsp3) is 0.517. The number of carbonyl (C=O) groups is 2. The third kappa shape index (κ3) is 4.74. The summed E-state index contributed by atoms with van der Waals surface area (Å²) in [7, 11) is -3.30. The minimum atomic E-state index is -3.30. The summed E-state index contributed by atoms with van der Waals surface area (Å²) in [5.41, 5.74) is 1.90. The predicted molar refractivity (Wildman–Crippen MR) is 145 cm³/mol. The van der Waals surface area contributed by atoms with E-state index in [0.29, 0.717) is 29.3 Å². The van der Waals surface area contributed by atoms with Gasteiger partial charge in [-0.1, -0.05) is 48.3 Å². The van der Waals surface area contributed by atoms with Crippen LogP contribution in [-0.4, -0.2) is 36.8 Å². The first kappa shape index (κ1) is 26.7. The number of halogens is 2. The summed E-state index contributed by atoms with van der Waals surface area (Å²) in [4.78, 5) is 26.0. The smallest absolute Gasteiger partial charge is 0.311 e.